The van der Waals surface area contributed by atoms with Gasteiger partial charge in [0.1, 0.15) is 11.6 Å². The molecule has 0 spiro atoms. The number of aliphatic hydroxyl groups excluding tert-OH is 1. The number of amides is 1. The largest absolute Gasteiger partial charge is 0.507 e. The first-order valence-electron chi connectivity index (χ1n) is 12.2. The summed E-state index contributed by atoms with van der Waals surface area (Å²) in [5.74, 6) is -2.00. The molecule has 1 saturated heterocycles. The Labute approximate surface area is 211 Å². The Morgan fingerprint density at radius 1 is 0.917 bits per heavy atom. The number of rotatable bonds is 7. The molecule has 0 saturated carbocycles. The van der Waals surface area contributed by atoms with Crippen molar-refractivity contribution in [3.63, 3.8) is 0 Å². The van der Waals surface area contributed by atoms with Gasteiger partial charge in [0.2, 0.25) is 0 Å². The number of halogens is 1. The Kier molecular flexibility index (Phi) is 7.25. The van der Waals surface area contributed by atoms with Crippen LogP contribution in [0.1, 0.15) is 47.7 Å². The van der Waals surface area contributed by atoms with E-state index in [0.717, 1.165) is 35.5 Å². The molecule has 1 atom stereocenters. The van der Waals surface area contributed by atoms with E-state index >= 15 is 0 Å². The van der Waals surface area contributed by atoms with Gasteiger partial charge in [0.05, 0.1) is 11.6 Å². The minimum Gasteiger partial charge on any atom is -0.507 e. The van der Waals surface area contributed by atoms with Crippen LogP contribution in [0.25, 0.3) is 5.76 Å². The highest BCUT2D eigenvalue weighted by atomic mass is 19.1. The zero-order valence-corrected chi connectivity index (χ0v) is 21.1. The highest BCUT2D eigenvalue weighted by molar-refractivity contribution is 6.46. The van der Waals surface area contributed by atoms with Crippen LogP contribution in [0.15, 0.2) is 72.3 Å². The van der Waals surface area contributed by atoms with Crippen LogP contribution in [0.2, 0.25) is 0 Å². The molecule has 3 aromatic rings. The van der Waals surface area contributed by atoms with Crippen molar-refractivity contribution in [2.45, 2.75) is 40.3 Å². The molecule has 1 aliphatic heterocycles. The van der Waals surface area contributed by atoms with Gasteiger partial charge in [0.15, 0.2) is 0 Å². The van der Waals surface area contributed by atoms with Crippen molar-refractivity contribution < 1.29 is 19.1 Å². The molecule has 1 aliphatic rings. The standard InChI is InChI=1S/C30H31FN2O3/c1-5-32(6-2)25-15-11-22(12-16-25)27-26(28(34)23-10-7-19(3)20(4)17-23)29(35)30(36)33(27)18-21-8-13-24(31)14-9-21/h7-17,27,34H,5-6,18H2,1-4H3/b28-26-. The van der Waals surface area contributed by atoms with E-state index in [1.807, 2.05) is 50.2 Å². The second-order valence-electron chi connectivity index (χ2n) is 9.12. The maximum Gasteiger partial charge on any atom is 0.295 e. The number of hydrogen-bond acceptors (Lipinski definition) is 4. The molecule has 4 rings (SSSR count). The third kappa shape index (κ3) is 4.76. The summed E-state index contributed by atoms with van der Waals surface area (Å²) in [6, 6.07) is 18.3. The van der Waals surface area contributed by atoms with Crippen molar-refractivity contribution in [2.75, 3.05) is 18.0 Å². The molecule has 1 fully saturated rings. The van der Waals surface area contributed by atoms with Gasteiger partial charge in [-0.05, 0) is 80.3 Å². The lowest BCUT2D eigenvalue weighted by Crippen LogP contribution is -2.29. The number of carbonyl (C=O) groups is 2. The zero-order valence-electron chi connectivity index (χ0n) is 21.1. The molecule has 5 nitrogen and oxygen atoms in total. The van der Waals surface area contributed by atoms with E-state index in [0.29, 0.717) is 11.1 Å². The molecule has 1 unspecified atom stereocenters. The second-order valence-corrected chi connectivity index (χ2v) is 9.12. The number of carbonyl (C=O) groups excluding carboxylic acids is 2. The third-order valence-electron chi connectivity index (χ3n) is 6.92. The van der Waals surface area contributed by atoms with Crippen molar-refractivity contribution in [3.05, 3.63) is 106 Å². The molecular weight excluding hydrogens is 455 g/mol. The number of ketones is 1. The van der Waals surface area contributed by atoms with Crippen LogP contribution in [-0.4, -0.2) is 34.8 Å². The van der Waals surface area contributed by atoms with Crippen molar-refractivity contribution >= 4 is 23.1 Å². The normalized spacial score (nSPS) is 17.0. The average molecular weight is 487 g/mol. The van der Waals surface area contributed by atoms with Gasteiger partial charge in [-0.3, -0.25) is 9.59 Å². The predicted octanol–water partition coefficient (Wildman–Crippen LogP) is 5.91. The van der Waals surface area contributed by atoms with Gasteiger partial charge in [-0.25, -0.2) is 4.39 Å². The summed E-state index contributed by atoms with van der Waals surface area (Å²) in [5, 5.41) is 11.3. The number of aliphatic hydroxyl groups is 1. The highest BCUT2D eigenvalue weighted by Gasteiger charge is 2.46. The first-order valence-corrected chi connectivity index (χ1v) is 12.2. The molecule has 0 aromatic heterocycles. The lowest BCUT2D eigenvalue weighted by molar-refractivity contribution is -0.140. The fourth-order valence-corrected chi connectivity index (χ4v) is 4.68. The molecule has 6 heteroatoms. The Balaban J connectivity index is 1.84. The lowest BCUT2D eigenvalue weighted by atomic mass is 9.94. The van der Waals surface area contributed by atoms with E-state index in [1.165, 1.54) is 17.0 Å². The molecule has 36 heavy (non-hydrogen) atoms. The smallest absolute Gasteiger partial charge is 0.295 e. The summed E-state index contributed by atoms with van der Waals surface area (Å²) in [6.45, 7) is 9.88. The number of benzene rings is 3. The lowest BCUT2D eigenvalue weighted by Gasteiger charge is -2.27. The number of Topliss-reactive ketones (excluding diaryl/α,β-unsaturated/α-hetero) is 1. The number of hydrogen-bond donors (Lipinski definition) is 1. The Bertz CT molecular complexity index is 1310. The van der Waals surface area contributed by atoms with Gasteiger partial charge in [-0.15, -0.1) is 0 Å². The van der Waals surface area contributed by atoms with E-state index in [2.05, 4.69) is 18.7 Å². The minimum atomic E-state index is -0.776. The molecule has 0 radical (unpaired) electrons. The van der Waals surface area contributed by atoms with Gasteiger partial charge in [-0.1, -0.05) is 36.4 Å². The Morgan fingerprint density at radius 3 is 2.14 bits per heavy atom. The van der Waals surface area contributed by atoms with Gasteiger partial charge in [-0.2, -0.15) is 0 Å². The van der Waals surface area contributed by atoms with Crippen molar-refractivity contribution in [1.29, 1.82) is 0 Å². The summed E-state index contributed by atoms with van der Waals surface area (Å²) in [6.07, 6.45) is 0. The van der Waals surface area contributed by atoms with Crippen LogP contribution in [0.3, 0.4) is 0 Å². The maximum atomic E-state index is 13.5. The average Bonchev–Trinajstić information content (AvgIpc) is 3.12. The molecule has 1 amide bonds. The molecule has 0 aliphatic carbocycles. The van der Waals surface area contributed by atoms with Gasteiger partial charge < -0.3 is 14.9 Å². The zero-order chi connectivity index (χ0) is 26.0. The van der Waals surface area contributed by atoms with E-state index in [4.69, 9.17) is 0 Å². The quantitative estimate of drug-likeness (QED) is 0.256. The van der Waals surface area contributed by atoms with E-state index in [9.17, 15) is 19.1 Å². The van der Waals surface area contributed by atoms with Crippen LogP contribution in [0.4, 0.5) is 10.1 Å². The van der Waals surface area contributed by atoms with Crippen molar-refractivity contribution in [1.82, 2.24) is 4.90 Å². The molecule has 3 aromatic carbocycles. The molecule has 0 bridgehead atoms. The summed E-state index contributed by atoms with van der Waals surface area (Å²) in [5.41, 5.74) is 5.02. The number of likely N-dealkylation sites (tertiary alicyclic amines) is 1. The summed E-state index contributed by atoms with van der Waals surface area (Å²) < 4.78 is 13.5. The number of aryl methyl sites for hydroxylation is 2. The summed E-state index contributed by atoms with van der Waals surface area (Å²) in [7, 11) is 0. The first kappa shape index (κ1) is 25.2. The topological polar surface area (TPSA) is 60.9 Å². The van der Waals surface area contributed by atoms with E-state index in [1.54, 1.807) is 18.2 Å². The monoisotopic (exact) mass is 486 g/mol. The molecular formula is C30H31FN2O3. The van der Waals surface area contributed by atoms with Crippen LogP contribution >= 0.6 is 0 Å². The number of anilines is 1. The minimum absolute atomic E-state index is 0.0564. The predicted molar refractivity (Wildman–Crippen MR) is 140 cm³/mol. The van der Waals surface area contributed by atoms with Gasteiger partial charge in [0, 0.05) is 30.9 Å². The van der Waals surface area contributed by atoms with E-state index in [-0.39, 0.29) is 23.7 Å². The summed E-state index contributed by atoms with van der Waals surface area (Å²) >= 11 is 0. The maximum absolute atomic E-state index is 13.5. The Hall–Kier alpha value is -3.93. The van der Waals surface area contributed by atoms with Gasteiger partial charge >= 0.3 is 0 Å². The fourth-order valence-electron chi connectivity index (χ4n) is 4.68. The van der Waals surface area contributed by atoms with Crippen LogP contribution < -0.4 is 4.90 Å². The van der Waals surface area contributed by atoms with E-state index < -0.39 is 17.7 Å². The molecule has 186 valence electrons. The SMILES string of the molecule is CCN(CC)c1ccc(C2/C(=C(/O)c3ccc(C)c(C)c3)C(=O)C(=O)N2Cc2ccc(F)cc2)cc1. The highest BCUT2D eigenvalue weighted by Crippen LogP contribution is 2.41. The van der Waals surface area contributed by atoms with Crippen LogP contribution in [-0.2, 0) is 16.1 Å². The van der Waals surface area contributed by atoms with Crippen LogP contribution in [0, 0.1) is 19.7 Å². The van der Waals surface area contributed by atoms with Gasteiger partial charge in [0.25, 0.3) is 11.7 Å². The fraction of sp³-hybridized carbons (Fsp3) is 0.267. The molecule has 1 heterocycles. The van der Waals surface area contributed by atoms with Crippen molar-refractivity contribution in [2.24, 2.45) is 0 Å². The third-order valence-corrected chi connectivity index (χ3v) is 6.92. The first-order chi connectivity index (χ1) is 17.2. The Morgan fingerprint density at radius 2 is 1.56 bits per heavy atom. The van der Waals surface area contributed by atoms with Crippen molar-refractivity contribution in [3.8, 4) is 0 Å². The number of nitrogens with zero attached hydrogens (tertiary/aromatic N) is 2. The molecule has 1 N–H and O–H groups in total. The summed E-state index contributed by atoms with van der Waals surface area (Å²) in [4.78, 5) is 30.2. The van der Waals surface area contributed by atoms with Crippen LogP contribution in [0.5, 0.6) is 0 Å². The second kappa shape index (κ2) is 10.4.